The molecule has 2 aromatic carbocycles. The van der Waals surface area contributed by atoms with Gasteiger partial charge < -0.3 is 26.4 Å². The number of nitrogens with one attached hydrogen (secondary N) is 3. The van der Waals surface area contributed by atoms with Gasteiger partial charge in [-0.25, -0.2) is 0 Å². The highest BCUT2D eigenvalue weighted by molar-refractivity contribution is 8.00. The van der Waals surface area contributed by atoms with Gasteiger partial charge >= 0.3 is 0 Å². The molecule has 0 spiro atoms. The number of benzene rings is 2. The van der Waals surface area contributed by atoms with Gasteiger partial charge in [0.1, 0.15) is 17.4 Å². The zero-order valence-corrected chi connectivity index (χ0v) is 23.6. The predicted octanol–water partition coefficient (Wildman–Crippen LogP) is 6.92. The van der Waals surface area contributed by atoms with E-state index in [4.69, 9.17) is 15.5 Å². The maximum atomic E-state index is 6.34. The second kappa shape index (κ2) is 12.0. The maximum Gasteiger partial charge on any atom is 0.231 e. The second-order valence-corrected chi connectivity index (χ2v) is 11.8. The van der Waals surface area contributed by atoms with Gasteiger partial charge in [0.2, 0.25) is 5.95 Å². The minimum atomic E-state index is 0.0420. The fourth-order valence-corrected chi connectivity index (χ4v) is 5.52. The van der Waals surface area contributed by atoms with E-state index in [-0.39, 0.29) is 6.10 Å². The SMILES string of the molecule is Cc1cc(Nc2nc(N)c(C)c(Nc3ccccc3SC(C)C)n2)c(OC(C)C)cc1C1CCNCC1. The van der Waals surface area contributed by atoms with Crippen LogP contribution in [0.25, 0.3) is 0 Å². The lowest BCUT2D eigenvalue weighted by Gasteiger charge is -2.26. The number of ether oxygens (including phenoxy) is 1. The van der Waals surface area contributed by atoms with Crippen LogP contribution < -0.4 is 26.4 Å². The van der Waals surface area contributed by atoms with Crippen LogP contribution in [0.2, 0.25) is 0 Å². The molecule has 8 heteroatoms. The molecule has 1 fully saturated rings. The Morgan fingerprint density at radius 2 is 1.73 bits per heavy atom. The molecule has 37 heavy (non-hydrogen) atoms. The van der Waals surface area contributed by atoms with Gasteiger partial charge in [0.15, 0.2) is 0 Å². The van der Waals surface area contributed by atoms with Crippen molar-refractivity contribution in [1.29, 1.82) is 0 Å². The summed E-state index contributed by atoms with van der Waals surface area (Å²) in [6, 6.07) is 12.6. The van der Waals surface area contributed by atoms with Crippen LogP contribution >= 0.6 is 11.8 Å². The number of rotatable bonds is 9. The monoisotopic (exact) mass is 520 g/mol. The third-order valence-electron chi connectivity index (χ3n) is 6.44. The molecular formula is C29H40N6OS. The van der Waals surface area contributed by atoms with E-state index in [1.54, 1.807) is 0 Å². The number of aryl methyl sites for hydroxylation is 1. The van der Waals surface area contributed by atoms with Gasteiger partial charge in [0.25, 0.3) is 0 Å². The number of nitrogen functional groups attached to an aromatic ring is 1. The van der Waals surface area contributed by atoms with Crippen LogP contribution in [-0.2, 0) is 0 Å². The minimum Gasteiger partial charge on any atom is -0.489 e. The van der Waals surface area contributed by atoms with E-state index < -0.39 is 0 Å². The highest BCUT2D eigenvalue weighted by Crippen LogP contribution is 2.38. The summed E-state index contributed by atoms with van der Waals surface area (Å²) >= 11 is 1.81. The number of nitrogens with two attached hydrogens (primary N) is 1. The summed E-state index contributed by atoms with van der Waals surface area (Å²) in [5, 5.41) is 10.8. The highest BCUT2D eigenvalue weighted by atomic mass is 32.2. The number of para-hydroxylation sites is 1. The Morgan fingerprint density at radius 1 is 1.00 bits per heavy atom. The number of piperidine rings is 1. The largest absolute Gasteiger partial charge is 0.489 e. The average molecular weight is 521 g/mol. The Kier molecular flexibility index (Phi) is 8.82. The van der Waals surface area contributed by atoms with E-state index >= 15 is 0 Å². The van der Waals surface area contributed by atoms with Crippen LogP contribution in [0.15, 0.2) is 41.3 Å². The van der Waals surface area contributed by atoms with E-state index in [1.807, 2.05) is 38.6 Å². The first-order valence-electron chi connectivity index (χ1n) is 13.2. The smallest absolute Gasteiger partial charge is 0.231 e. The summed E-state index contributed by atoms with van der Waals surface area (Å²) in [5.41, 5.74) is 11.6. The topological polar surface area (TPSA) is 97.1 Å². The van der Waals surface area contributed by atoms with Crippen molar-refractivity contribution >= 4 is 40.7 Å². The fraction of sp³-hybridized carbons (Fsp3) is 0.448. The number of aromatic nitrogens is 2. The minimum absolute atomic E-state index is 0.0420. The van der Waals surface area contributed by atoms with Gasteiger partial charge in [-0.15, -0.1) is 11.8 Å². The van der Waals surface area contributed by atoms with Crippen LogP contribution in [0.5, 0.6) is 5.75 Å². The van der Waals surface area contributed by atoms with Crippen molar-refractivity contribution in [3.63, 3.8) is 0 Å². The van der Waals surface area contributed by atoms with Gasteiger partial charge in [-0.3, -0.25) is 0 Å². The zero-order chi connectivity index (χ0) is 26.5. The molecule has 1 aliphatic rings. The third kappa shape index (κ3) is 6.87. The van der Waals surface area contributed by atoms with Crippen molar-refractivity contribution in [3.8, 4) is 5.75 Å². The van der Waals surface area contributed by atoms with Gasteiger partial charge in [0, 0.05) is 15.7 Å². The quantitative estimate of drug-likeness (QED) is 0.226. The van der Waals surface area contributed by atoms with Crippen LogP contribution in [-0.4, -0.2) is 34.4 Å². The van der Waals surface area contributed by atoms with Crippen LogP contribution in [0.1, 0.15) is 63.1 Å². The summed E-state index contributed by atoms with van der Waals surface area (Å²) in [5.74, 6) is 2.90. The molecule has 5 N–H and O–H groups in total. The van der Waals surface area contributed by atoms with E-state index in [9.17, 15) is 0 Å². The van der Waals surface area contributed by atoms with Crippen molar-refractivity contribution in [3.05, 3.63) is 53.1 Å². The number of thioether (sulfide) groups is 1. The Bertz CT molecular complexity index is 1220. The van der Waals surface area contributed by atoms with Crippen molar-refractivity contribution < 1.29 is 4.74 Å². The lowest BCUT2D eigenvalue weighted by atomic mass is 9.87. The number of anilines is 5. The van der Waals surface area contributed by atoms with E-state index in [0.717, 1.165) is 48.6 Å². The Labute approximate surface area is 225 Å². The molecule has 0 amide bonds. The Hall–Kier alpha value is -2.97. The molecule has 1 aromatic heterocycles. The molecule has 4 rings (SSSR count). The predicted molar refractivity (Wildman–Crippen MR) is 157 cm³/mol. The first-order chi connectivity index (χ1) is 17.7. The first-order valence-corrected chi connectivity index (χ1v) is 14.0. The Balaban J connectivity index is 1.66. The number of hydrogen-bond acceptors (Lipinski definition) is 8. The second-order valence-electron chi connectivity index (χ2n) is 10.2. The van der Waals surface area contributed by atoms with Crippen molar-refractivity contribution in [2.24, 2.45) is 0 Å². The molecule has 0 atom stereocenters. The maximum absolute atomic E-state index is 6.34. The van der Waals surface area contributed by atoms with Crippen LogP contribution in [0.4, 0.5) is 29.0 Å². The number of nitrogens with zero attached hydrogens (tertiary/aromatic N) is 2. The van der Waals surface area contributed by atoms with Gasteiger partial charge in [0.05, 0.1) is 17.5 Å². The molecule has 0 bridgehead atoms. The van der Waals surface area contributed by atoms with Crippen molar-refractivity contribution in [2.45, 2.75) is 76.6 Å². The van der Waals surface area contributed by atoms with Crippen LogP contribution in [0, 0.1) is 13.8 Å². The van der Waals surface area contributed by atoms with E-state index in [1.165, 1.54) is 16.0 Å². The molecule has 0 aliphatic carbocycles. The molecule has 3 aromatic rings. The lowest BCUT2D eigenvalue weighted by Crippen LogP contribution is -2.27. The summed E-state index contributed by atoms with van der Waals surface area (Å²) in [6.45, 7) is 14.7. The lowest BCUT2D eigenvalue weighted by molar-refractivity contribution is 0.243. The normalized spacial score (nSPS) is 14.3. The summed E-state index contributed by atoms with van der Waals surface area (Å²) in [6.07, 6.45) is 2.32. The first kappa shape index (κ1) is 27.1. The molecule has 2 heterocycles. The molecule has 0 radical (unpaired) electrons. The van der Waals surface area contributed by atoms with Gasteiger partial charge in [-0.1, -0.05) is 26.0 Å². The number of hydrogen-bond donors (Lipinski definition) is 4. The summed E-state index contributed by atoms with van der Waals surface area (Å²) in [4.78, 5) is 10.5. The zero-order valence-electron chi connectivity index (χ0n) is 22.8. The van der Waals surface area contributed by atoms with Crippen LogP contribution in [0.3, 0.4) is 0 Å². The summed E-state index contributed by atoms with van der Waals surface area (Å²) in [7, 11) is 0. The molecule has 0 unspecified atom stereocenters. The third-order valence-corrected chi connectivity index (χ3v) is 7.52. The molecule has 1 aliphatic heterocycles. The molecule has 198 valence electrons. The fourth-order valence-electron chi connectivity index (χ4n) is 4.61. The van der Waals surface area contributed by atoms with E-state index in [2.05, 4.69) is 72.0 Å². The average Bonchev–Trinajstić information content (AvgIpc) is 2.85. The molecule has 7 nitrogen and oxygen atoms in total. The molecule has 0 saturated carbocycles. The van der Waals surface area contributed by atoms with E-state index in [0.29, 0.717) is 28.8 Å². The van der Waals surface area contributed by atoms with Gasteiger partial charge in [-0.05, 0) is 94.9 Å². The Morgan fingerprint density at radius 3 is 2.43 bits per heavy atom. The van der Waals surface area contributed by atoms with Gasteiger partial charge in [-0.2, -0.15) is 9.97 Å². The standard InChI is InChI=1S/C29H40N6OS/c1-17(2)36-25-16-22(21-11-13-31-14-12-21)19(5)15-24(25)33-29-34-27(30)20(6)28(35-29)32-23-9-7-8-10-26(23)37-18(3)4/h7-10,15-18,21,31H,11-14H2,1-6H3,(H4,30,32,33,34,35). The molecular weight excluding hydrogens is 480 g/mol. The van der Waals surface area contributed by atoms with Crippen molar-refractivity contribution in [1.82, 2.24) is 15.3 Å². The highest BCUT2D eigenvalue weighted by Gasteiger charge is 2.21. The van der Waals surface area contributed by atoms with Crippen molar-refractivity contribution in [2.75, 3.05) is 29.5 Å². The molecule has 1 saturated heterocycles. The summed E-state index contributed by atoms with van der Waals surface area (Å²) < 4.78 is 6.25.